The van der Waals surface area contributed by atoms with Crippen LogP contribution < -0.4 is 9.47 Å². The number of ether oxygens (including phenoxy) is 3. The van der Waals surface area contributed by atoms with E-state index >= 15 is 0 Å². The fraction of sp³-hybridized carbons (Fsp3) is 0.391. The van der Waals surface area contributed by atoms with Crippen molar-refractivity contribution in [2.75, 3.05) is 26.8 Å². The van der Waals surface area contributed by atoms with Crippen LogP contribution >= 0.6 is 0 Å². The molecule has 0 spiro atoms. The number of carbonyl (C=O) groups is 1. The van der Waals surface area contributed by atoms with Crippen LogP contribution in [-0.4, -0.2) is 48.7 Å². The van der Waals surface area contributed by atoms with Gasteiger partial charge in [0.25, 0.3) is 0 Å². The normalized spacial score (nSPS) is 16.8. The van der Waals surface area contributed by atoms with E-state index in [0.29, 0.717) is 31.3 Å². The minimum absolute atomic E-state index is 0.0205. The molecule has 0 N–H and O–H groups in total. The summed E-state index contributed by atoms with van der Waals surface area (Å²) >= 11 is 0. The third kappa shape index (κ3) is 6.06. The van der Waals surface area contributed by atoms with Gasteiger partial charge in [-0.25, -0.2) is 0 Å². The number of hydrogen-bond donors (Lipinski definition) is 0. The lowest BCUT2D eigenvalue weighted by molar-refractivity contribution is -0.129. The van der Waals surface area contributed by atoms with Crippen LogP contribution in [0.1, 0.15) is 31.0 Å². The van der Waals surface area contributed by atoms with Crippen LogP contribution in [0.2, 0.25) is 0 Å². The number of hydrogen-bond acceptors (Lipinski definition) is 5. The Kier molecular flexibility index (Phi) is 7.64. The molecule has 1 aromatic heterocycles. The lowest BCUT2D eigenvalue weighted by Gasteiger charge is -2.31. The van der Waals surface area contributed by atoms with Crippen molar-refractivity contribution in [2.45, 2.75) is 32.5 Å². The third-order valence-electron chi connectivity index (χ3n) is 4.82. The highest BCUT2D eigenvalue weighted by molar-refractivity contribution is 5.92. The van der Waals surface area contributed by atoms with E-state index in [2.05, 4.69) is 4.98 Å². The summed E-state index contributed by atoms with van der Waals surface area (Å²) in [6.45, 7) is 4.40. The van der Waals surface area contributed by atoms with Crippen LogP contribution in [0.15, 0.2) is 48.7 Å². The van der Waals surface area contributed by atoms with E-state index in [-0.39, 0.29) is 12.0 Å². The van der Waals surface area contributed by atoms with Crippen molar-refractivity contribution in [1.29, 1.82) is 0 Å². The maximum absolute atomic E-state index is 12.7. The molecule has 3 rings (SSSR count). The largest absolute Gasteiger partial charge is 0.497 e. The zero-order chi connectivity index (χ0) is 20.5. The fourth-order valence-corrected chi connectivity index (χ4v) is 3.33. The van der Waals surface area contributed by atoms with Gasteiger partial charge in [0.05, 0.1) is 18.9 Å². The number of carbonyl (C=O) groups excluding carboxylic acids is 1. The Morgan fingerprint density at radius 1 is 1.31 bits per heavy atom. The van der Waals surface area contributed by atoms with Gasteiger partial charge in [-0.3, -0.25) is 9.78 Å². The van der Waals surface area contributed by atoms with Crippen molar-refractivity contribution in [3.8, 4) is 11.5 Å². The summed E-state index contributed by atoms with van der Waals surface area (Å²) in [5.41, 5.74) is 1.62. The van der Waals surface area contributed by atoms with E-state index in [1.807, 2.05) is 48.2 Å². The smallest absolute Gasteiger partial charge is 0.246 e. The predicted molar refractivity (Wildman–Crippen MR) is 112 cm³/mol. The van der Waals surface area contributed by atoms with E-state index in [4.69, 9.17) is 14.2 Å². The zero-order valence-electron chi connectivity index (χ0n) is 17.0. The van der Waals surface area contributed by atoms with Crippen molar-refractivity contribution in [3.05, 3.63) is 59.9 Å². The molecule has 0 aliphatic carbocycles. The van der Waals surface area contributed by atoms with Gasteiger partial charge in [-0.05, 0) is 56.2 Å². The molecule has 1 saturated heterocycles. The van der Waals surface area contributed by atoms with Crippen LogP contribution in [0.3, 0.4) is 0 Å². The number of pyridine rings is 1. The van der Waals surface area contributed by atoms with Gasteiger partial charge in [0, 0.05) is 37.5 Å². The van der Waals surface area contributed by atoms with Crippen LogP contribution in [0.5, 0.6) is 11.5 Å². The second-order valence-corrected chi connectivity index (χ2v) is 6.85. The molecule has 2 heterocycles. The number of rotatable bonds is 8. The average molecular weight is 396 g/mol. The molecule has 154 valence electrons. The summed E-state index contributed by atoms with van der Waals surface area (Å²) in [6, 6.07) is 11.2. The quantitative estimate of drug-likeness (QED) is 0.637. The Hall–Kier alpha value is -2.86. The second-order valence-electron chi connectivity index (χ2n) is 6.85. The number of likely N-dealkylation sites (tertiary alicyclic amines) is 1. The first-order valence-corrected chi connectivity index (χ1v) is 9.99. The van der Waals surface area contributed by atoms with E-state index in [0.717, 1.165) is 30.6 Å². The topological polar surface area (TPSA) is 60.9 Å². The van der Waals surface area contributed by atoms with Gasteiger partial charge in [-0.2, -0.15) is 0 Å². The van der Waals surface area contributed by atoms with Crippen molar-refractivity contribution < 1.29 is 19.0 Å². The summed E-state index contributed by atoms with van der Waals surface area (Å²) in [7, 11) is 1.62. The van der Waals surface area contributed by atoms with Gasteiger partial charge in [0.1, 0.15) is 18.1 Å². The number of amides is 1. The standard InChI is InChI=1S/C23H28N2O4/c1-3-28-21-8-6-14-25(16-21)23(26)12-9-18-15-20(27-2)10-11-22(18)29-17-19-7-4-5-13-24-19/h4-5,7,9-13,15,21H,3,6,8,14,16-17H2,1-2H3. The second kappa shape index (κ2) is 10.6. The molecule has 0 saturated carbocycles. The molecular weight excluding hydrogens is 368 g/mol. The molecule has 6 heteroatoms. The molecule has 0 radical (unpaired) electrons. The number of nitrogens with zero attached hydrogens (tertiary/aromatic N) is 2. The maximum Gasteiger partial charge on any atom is 0.246 e. The predicted octanol–water partition coefficient (Wildman–Crippen LogP) is 3.71. The third-order valence-corrected chi connectivity index (χ3v) is 4.82. The van der Waals surface area contributed by atoms with Crippen molar-refractivity contribution in [1.82, 2.24) is 9.88 Å². The summed E-state index contributed by atoms with van der Waals surface area (Å²) in [4.78, 5) is 18.8. The van der Waals surface area contributed by atoms with Gasteiger partial charge >= 0.3 is 0 Å². The van der Waals surface area contributed by atoms with E-state index in [1.54, 1.807) is 25.5 Å². The Labute approximate surface area is 172 Å². The van der Waals surface area contributed by atoms with Crippen LogP contribution in [0.25, 0.3) is 6.08 Å². The molecule has 1 atom stereocenters. The molecule has 1 aliphatic rings. The molecule has 1 aliphatic heterocycles. The molecule has 1 fully saturated rings. The van der Waals surface area contributed by atoms with Crippen molar-refractivity contribution >= 4 is 12.0 Å². The lowest BCUT2D eigenvalue weighted by Crippen LogP contribution is -2.42. The zero-order valence-corrected chi connectivity index (χ0v) is 17.0. The van der Waals surface area contributed by atoms with Gasteiger partial charge < -0.3 is 19.1 Å². The first-order chi connectivity index (χ1) is 14.2. The minimum atomic E-state index is -0.0205. The summed E-state index contributed by atoms with van der Waals surface area (Å²) in [5.74, 6) is 1.36. The lowest BCUT2D eigenvalue weighted by atomic mass is 10.1. The average Bonchev–Trinajstić information content (AvgIpc) is 2.77. The number of methoxy groups -OCH3 is 1. The fourth-order valence-electron chi connectivity index (χ4n) is 3.33. The molecule has 1 unspecified atom stereocenters. The number of piperidine rings is 1. The molecule has 2 aromatic rings. The summed E-state index contributed by atoms with van der Waals surface area (Å²) < 4.78 is 16.9. The van der Waals surface area contributed by atoms with Crippen molar-refractivity contribution in [3.63, 3.8) is 0 Å². The van der Waals surface area contributed by atoms with E-state index in [1.165, 1.54) is 0 Å². The minimum Gasteiger partial charge on any atom is -0.497 e. The summed E-state index contributed by atoms with van der Waals surface area (Å²) in [5, 5.41) is 0. The van der Waals surface area contributed by atoms with Crippen LogP contribution in [0.4, 0.5) is 0 Å². The monoisotopic (exact) mass is 396 g/mol. The Balaban J connectivity index is 1.70. The molecule has 6 nitrogen and oxygen atoms in total. The van der Waals surface area contributed by atoms with E-state index in [9.17, 15) is 4.79 Å². The molecule has 1 aromatic carbocycles. The molecule has 1 amide bonds. The number of aromatic nitrogens is 1. The highest BCUT2D eigenvalue weighted by Crippen LogP contribution is 2.26. The van der Waals surface area contributed by atoms with Gasteiger partial charge in [0.2, 0.25) is 5.91 Å². The molecule has 0 bridgehead atoms. The van der Waals surface area contributed by atoms with Crippen LogP contribution in [0, 0.1) is 0 Å². The summed E-state index contributed by atoms with van der Waals surface area (Å²) in [6.07, 6.45) is 7.20. The number of benzene rings is 1. The Morgan fingerprint density at radius 2 is 2.21 bits per heavy atom. The van der Waals surface area contributed by atoms with E-state index < -0.39 is 0 Å². The molecule has 29 heavy (non-hydrogen) atoms. The van der Waals surface area contributed by atoms with Gasteiger partial charge in [0.15, 0.2) is 0 Å². The van der Waals surface area contributed by atoms with Gasteiger partial charge in [-0.15, -0.1) is 0 Å². The maximum atomic E-state index is 12.7. The van der Waals surface area contributed by atoms with Crippen molar-refractivity contribution in [2.24, 2.45) is 0 Å². The SMILES string of the molecule is CCOC1CCCN(C(=O)C=Cc2cc(OC)ccc2OCc2ccccn2)C1. The highest BCUT2D eigenvalue weighted by atomic mass is 16.5. The Morgan fingerprint density at radius 3 is 2.97 bits per heavy atom. The Bertz CT molecular complexity index is 821. The van der Waals surface area contributed by atoms with Gasteiger partial charge in [-0.1, -0.05) is 6.07 Å². The molecular formula is C23H28N2O4. The first kappa shape index (κ1) is 20.9. The first-order valence-electron chi connectivity index (χ1n) is 9.99. The highest BCUT2D eigenvalue weighted by Gasteiger charge is 2.22. The van der Waals surface area contributed by atoms with Crippen LogP contribution in [-0.2, 0) is 16.1 Å².